The molecule has 0 amide bonds. The second-order valence-electron chi connectivity index (χ2n) is 12.3. The fourth-order valence-electron chi connectivity index (χ4n) is 5.53. The summed E-state index contributed by atoms with van der Waals surface area (Å²) >= 11 is 0. The van der Waals surface area contributed by atoms with E-state index < -0.39 is 0 Å². The number of hydrogen-bond donors (Lipinski definition) is 0. The molecule has 227 valence electrons. The van der Waals surface area contributed by atoms with Crippen LogP contribution in [-0.4, -0.2) is 15.0 Å². The summed E-state index contributed by atoms with van der Waals surface area (Å²) in [5.74, 6) is 0. The molecule has 0 unspecified atom stereocenters. The third-order valence-corrected chi connectivity index (χ3v) is 7.50. The normalized spacial score (nSPS) is 11.1. The zero-order valence-electron chi connectivity index (χ0n) is 26.2. The molecule has 4 aromatic heterocycles. The van der Waals surface area contributed by atoms with Gasteiger partial charge in [-0.05, 0) is 72.0 Å². The van der Waals surface area contributed by atoms with Gasteiger partial charge in [-0.1, -0.05) is 74.2 Å². The minimum Gasteiger partial charge on any atom is -0.486 e. The average Bonchev–Trinajstić information content (AvgIpc) is 3.40. The number of hydrogen-bond acceptors (Lipinski definition) is 4. The van der Waals surface area contributed by atoms with E-state index in [1.807, 2.05) is 60.8 Å². The molecule has 45 heavy (non-hydrogen) atoms. The van der Waals surface area contributed by atoms with Crippen molar-refractivity contribution in [3.8, 4) is 33.8 Å². The number of furan rings is 1. The van der Waals surface area contributed by atoms with Crippen LogP contribution in [-0.2, 0) is 26.5 Å². The number of fused-ring (bicyclic) bond motifs is 3. The van der Waals surface area contributed by atoms with Gasteiger partial charge in [-0.2, -0.15) is 0 Å². The standard InChI is InChI=1S/C29H27N2O.C11H8N.Ir/c1-18-8-6-9-19(2)26(18)25-15-13-22-21-10-7-11-23(27(21)32-28(22)31-25)24-14-12-20(17-30-24)16-29(3,4)5;1-2-6-10(7-3-1)11-8-4-5-9-12-11;/h6-10,12-15,17H,16H2,1-5H3;1-6,8-9H;/q2*-1;. The molecule has 4 nitrogen and oxygen atoms in total. The van der Waals surface area contributed by atoms with Crippen LogP contribution >= 0.6 is 0 Å². The van der Waals surface area contributed by atoms with Crippen molar-refractivity contribution in [2.75, 3.05) is 0 Å². The maximum Gasteiger partial charge on any atom is 0.216 e. The smallest absolute Gasteiger partial charge is 0.216 e. The quantitative estimate of drug-likeness (QED) is 0.168. The van der Waals surface area contributed by atoms with E-state index in [1.165, 1.54) is 16.7 Å². The predicted molar refractivity (Wildman–Crippen MR) is 180 cm³/mol. The maximum absolute atomic E-state index is 6.31. The molecule has 0 N–H and O–H groups in total. The molecule has 0 aliphatic carbocycles. The molecule has 0 bridgehead atoms. The van der Waals surface area contributed by atoms with Crippen molar-refractivity contribution in [3.63, 3.8) is 0 Å². The Kier molecular flexibility index (Phi) is 9.72. The fourth-order valence-corrected chi connectivity index (χ4v) is 5.53. The van der Waals surface area contributed by atoms with E-state index >= 15 is 0 Å². The molecule has 0 aliphatic heterocycles. The van der Waals surface area contributed by atoms with Crippen LogP contribution in [0.4, 0.5) is 0 Å². The number of rotatable bonds is 4. The van der Waals surface area contributed by atoms with Crippen LogP contribution in [0.2, 0.25) is 0 Å². The predicted octanol–water partition coefficient (Wildman–Crippen LogP) is 10.3. The number of aromatic nitrogens is 3. The maximum atomic E-state index is 6.31. The molecule has 0 fully saturated rings. The monoisotopic (exact) mass is 766 g/mol. The van der Waals surface area contributed by atoms with Crippen molar-refractivity contribution < 1.29 is 24.5 Å². The molecule has 0 saturated heterocycles. The topological polar surface area (TPSA) is 51.8 Å². The van der Waals surface area contributed by atoms with Crippen molar-refractivity contribution in [2.24, 2.45) is 5.41 Å². The largest absolute Gasteiger partial charge is 0.486 e. The van der Waals surface area contributed by atoms with E-state index in [2.05, 4.69) is 94.2 Å². The SMILES string of the molecule is Cc1cccc(C)c1-c1ccc2c(n1)oc1c(-c3ccc(CC(C)(C)C)cn3)[c-]ccc12.[Ir].[c-]1ccccc1-c1ccccn1. The third-order valence-electron chi connectivity index (χ3n) is 7.50. The summed E-state index contributed by atoms with van der Waals surface area (Å²) < 4.78 is 6.31. The number of nitrogens with zero attached hydrogens (tertiary/aromatic N) is 3. The number of pyridine rings is 3. The van der Waals surface area contributed by atoms with E-state index in [1.54, 1.807) is 6.20 Å². The van der Waals surface area contributed by atoms with Gasteiger partial charge in [0.25, 0.3) is 0 Å². The van der Waals surface area contributed by atoms with Gasteiger partial charge in [0.15, 0.2) is 0 Å². The van der Waals surface area contributed by atoms with Gasteiger partial charge in [0.2, 0.25) is 5.71 Å². The average molecular weight is 766 g/mol. The molecule has 0 atom stereocenters. The van der Waals surface area contributed by atoms with Crippen LogP contribution in [0.3, 0.4) is 0 Å². The summed E-state index contributed by atoms with van der Waals surface area (Å²) in [5.41, 5.74) is 11.2. The molecular formula is C40H35IrN3O-2. The zero-order valence-corrected chi connectivity index (χ0v) is 28.6. The Bertz CT molecular complexity index is 1970. The molecule has 4 heterocycles. The first kappa shape index (κ1) is 32.0. The van der Waals surface area contributed by atoms with E-state index in [9.17, 15) is 0 Å². The first-order valence-electron chi connectivity index (χ1n) is 14.9. The molecule has 0 aliphatic rings. The van der Waals surface area contributed by atoms with Crippen LogP contribution in [0, 0.1) is 31.4 Å². The van der Waals surface area contributed by atoms with Gasteiger partial charge in [0, 0.05) is 43.4 Å². The molecule has 3 aromatic carbocycles. The third kappa shape index (κ3) is 7.28. The summed E-state index contributed by atoms with van der Waals surface area (Å²) in [6.45, 7) is 11.0. The van der Waals surface area contributed by atoms with Gasteiger partial charge in [-0.25, -0.2) is 4.98 Å². The molecule has 7 rings (SSSR count). The first-order valence-corrected chi connectivity index (χ1v) is 14.9. The van der Waals surface area contributed by atoms with Gasteiger partial charge in [0.1, 0.15) is 0 Å². The van der Waals surface area contributed by atoms with Crippen molar-refractivity contribution in [2.45, 2.75) is 41.0 Å². The summed E-state index contributed by atoms with van der Waals surface area (Å²) in [6, 6.07) is 38.9. The van der Waals surface area contributed by atoms with Crippen LogP contribution in [0.15, 0.2) is 114 Å². The van der Waals surface area contributed by atoms with Gasteiger partial charge in [-0.3, -0.25) is 0 Å². The molecule has 0 spiro atoms. The van der Waals surface area contributed by atoms with Gasteiger partial charge >= 0.3 is 0 Å². The van der Waals surface area contributed by atoms with E-state index in [-0.39, 0.29) is 25.5 Å². The Hall–Kier alpha value is -4.44. The van der Waals surface area contributed by atoms with Gasteiger partial charge in [-0.15, -0.1) is 54.1 Å². The molecule has 7 aromatic rings. The Morgan fingerprint density at radius 2 is 1.47 bits per heavy atom. The van der Waals surface area contributed by atoms with Crippen molar-refractivity contribution in [1.29, 1.82) is 0 Å². The van der Waals surface area contributed by atoms with E-state index in [0.717, 1.165) is 56.5 Å². The van der Waals surface area contributed by atoms with E-state index in [4.69, 9.17) is 14.4 Å². The minimum absolute atomic E-state index is 0. The van der Waals surface area contributed by atoms with Crippen LogP contribution in [0.1, 0.15) is 37.5 Å². The number of benzene rings is 3. The Morgan fingerprint density at radius 1 is 0.689 bits per heavy atom. The summed E-state index contributed by atoms with van der Waals surface area (Å²) in [6.07, 6.45) is 4.74. The summed E-state index contributed by atoms with van der Waals surface area (Å²) in [4.78, 5) is 13.8. The van der Waals surface area contributed by atoms with E-state index in [0.29, 0.717) is 5.71 Å². The fraction of sp³-hybridized carbons (Fsp3) is 0.175. The number of aryl methyl sites for hydroxylation is 2. The zero-order chi connectivity index (χ0) is 30.7. The van der Waals surface area contributed by atoms with Crippen LogP contribution in [0.5, 0.6) is 0 Å². The molecule has 5 heteroatoms. The van der Waals surface area contributed by atoms with Gasteiger partial charge in [0.05, 0.1) is 11.3 Å². The Balaban J connectivity index is 0.000000258. The van der Waals surface area contributed by atoms with Crippen molar-refractivity contribution in [1.82, 2.24) is 15.0 Å². The van der Waals surface area contributed by atoms with Crippen LogP contribution < -0.4 is 0 Å². The van der Waals surface area contributed by atoms with Crippen molar-refractivity contribution in [3.05, 3.63) is 138 Å². The Labute approximate surface area is 279 Å². The Morgan fingerprint density at radius 3 is 2.13 bits per heavy atom. The second kappa shape index (κ2) is 13.7. The molecule has 1 radical (unpaired) electrons. The van der Waals surface area contributed by atoms with Gasteiger partial charge < -0.3 is 14.4 Å². The first-order chi connectivity index (χ1) is 21.3. The van der Waals surface area contributed by atoms with Crippen molar-refractivity contribution >= 4 is 22.1 Å². The minimum atomic E-state index is 0. The summed E-state index contributed by atoms with van der Waals surface area (Å²) in [7, 11) is 0. The second-order valence-corrected chi connectivity index (χ2v) is 12.3. The summed E-state index contributed by atoms with van der Waals surface area (Å²) in [5, 5.41) is 2.05. The molecule has 0 saturated carbocycles. The molecular weight excluding hydrogens is 731 g/mol. The van der Waals surface area contributed by atoms with Crippen LogP contribution in [0.25, 0.3) is 55.8 Å².